The molecular formula is C6H7O8P. The second-order valence-electron chi connectivity index (χ2n) is 2.69. The van der Waals surface area contributed by atoms with Gasteiger partial charge in [-0.15, -0.1) is 0 Å². The van der Waals surface area contributed by atoms with Gasteiger partial charge in [0.2, 0.25) is 17.7 Å². The van der Waals surface area contributed by atoms with Crippen molar-refractivity contribution in [3.63, 3.8) is 0 Å². The van der Waals surface area contributed by atoms with Gasteiger partial charge < -0.3 is 25.2 Å². The van der Waals surface area contributed by atoms with Crippen LogP contribution in [0.25, 0.3) is 0 Å². The number of rotatable bonds is 4. The number of aliphatic hydroxyl groups excluding tert-OH is 3. The molecule has 1 heterocycles. The van der Waals surface area contributed by atoms with Crippen molar-refractivity contribution in [3.05, 3.63) is 11.5 Å². The topological polar surface area (TPSA) is 134 Å². The second kappa shape index (κ2) is 4.11. The summed E-state index contributed by atoms with van der Waals surface area (Å²) < 4.78 is 18.6. The molecule has 0 unspecified atom stereocenters. The van der Waals surface area contributed by atoms with Crippen LogP contribution in [0.15, 0.2) is 11.5 Å². The highest BCUT2D eigenvalue weighted by molar-refractivity contribution is 7.17. The van der Waals surface area contributed by atoms with Crippen LogP contribution in [0.1, 0.15) is 0 Å². The van der Waals surface area contributed by atoms with Crippen LogP contribution in [0.4, 0.5) is 0 Å². The SMILES string of the molecule is O=PO[C@](O)(CO)[C@H]1OC(=O)C(O)=C1O. The van der Waals surface area contributed by atoms with Crippen molar-refractivity contribution < 1.29 is 39.0 Å². The minimum Gasteiger partial charge on any atom is -0.505 e. The van der Waals surface area contributed by atoms with E-state index in [0.717, 1.165) is 0 Å². The minimum absolute atomic E-state index is 0.996. The van der Waals surface area contributed by atoms with Gasteiger partial charge in [0.05, 0.1) is 0 Å². The molecule has 1 aliphatic heterocycles. The van der Waals surface area contributed by atoms with Crippen molar-refractivity contribution in [2.45, 2.75) is 11.9 Å². The zero-order valence-corrected chi connectivity index (χ0v) is 8.05. The molecule has 15 heavy (non-hydrogen) atoms. The maximum atomic E-state index is 10.7. The van der Waals surface area contributed by atoms with Crippen LogP contribution >= 0.6 is 8.69 Å². The average molecular weight is 238 g/mol. The predicted molar refractivity (Wildman–Crippen MR) is 42.9 cm³/mol. The smallest absolute Gasteiger partial charge is 0.378 e. The number of aliphatic hydroxyl groups is 4. The number of hydrogen-bond donors (Lipinski definition) is 4. The fraction of sp³-hybridized carbons (Fsp3) is 0.500. The Kier molecular flexibility index (Phi) is 3.25. The molecule has 8 nitrogen and oxygen atoms in total. The van der Waals surface area contributed by atoms with Gasteiger partial charge in [-0.3, -0.25) is 4.52 Å². The highest BCUT2D eigenvalue weighted by Crippen LogP contribution is 2.30. The van der Waals surface area contributed by atoms with E-state index >= 15 is 0 Å². The van der Waals surface area contributed by atoms with Crippen molar-refractivity contribution in [1.82, 2.24) is 0 Å². The normalized spacial score (nSPS) is 25.5. The number of ether oxygens (including phenoxy) is 1. The first kappa shape index (κ1) is 11.9. The molecule has 0 amide bonds. The maximum Gasteiger partial charge on any atom is 0.378 e. The van der Waals surface area contributed by atoms with E-state index < -0.39 is 44.7 Å². The third kappa shape index (κ3) is 1.93. The summed E-state index contributed by atoms with van der Waals surface area (Å²) in [6.45, 7) is -1.10. The third-order valence-electron chi connectivity index (χ3n) is 1.74. The van der Waals surface area contributed by atoms with Gasteiger partial charge in [0.1, 0.15) is 6.61 Å². The Morgan fingerprint density at radius 2 is 2.13 bits per heavy atom. The van der Waals surface area contributed by atoms with E-state index in [2.05, 4.69) is 9.26 Å². The minimum atomic E-state index is -2.58. The monoisotopic (exact) mass is 238 g/mol. The summed E-state index contributed by atoms with van der Waals surface area (Å²) in [7, 11) is -0.996. The lowest BCUT2D eigenvalue weighted by atomic mass is 10.1. The zero-order chi connectivity index (χ0) is 11.6. The fourth-order valence-electron chi connectivity index (χ4n) is 0.977. The van der Waals surface area contributed by atoms with Gasteiger partial charge in [0.25, 0.3) is 0 Å². The van der Waals surface area contributed by atoms with Gasteiger partial charge in [0, 0.05) is 0 Å². The highest BCUT2D eigenvalue weighted by atomic mass is 31.1. The zero-order valence-electron chi connectivity index (χ0n) is 7.15. The van der Waals surface area contributed by atoms with Gasteiger partial charge >= 0.3 is 14.7 Å². The number of cyclic esters (lactones) is 1. The number of esters is 1. The molecule has 1 rings (SSSR count). The Labute approximate surface area is 84.6 Å². The molecular weight excluding hydrogens is 231 g/mol. The van der Waals surface area contributed by atoms with Crippen molar-refractivity contribution in [1.29, 1.82) is 0 Å². The average Bonchev–Trinajstić information content (AvgIpc) is 2.47. The Bertz CT molecular complexity index is 325. The van der Waals surface area contributed by atoms with Gasteiger partial charge in [-0.2, -0.15) is 0 Å². The lowest BCUT2D eigenvalue weighted by Gasteiger charge is -2.26. The summed E-state index contributed by atoms with van der Waals surface area (Å²) in [5.41, 5.74) is 0. The predicted octanol–water partition coefficient (Wildman–Crippen LogP) is -0.856. The fourth-order valence-corrected chi connectivity index (χ4v) is 1.26. The van der Waals surface area contributed by atoms with Crippen LogP contribution in [0.5, 0.6) is 0 Å². The molecule has 0 spiro atoms. The lowest BCUT2D eigenvalue weighted by molar-refractivity contribution is -0.222. The molecule has 2 atom stereocenters. The molecule has 0 aromatic rings. The summed E-state index contributed by atoms with van der Waals surface area (Å²) in [5, 5.41) is 36.2. The van der Waals surface area contributed by atoms with E-state index in [4.69, 9.17) is 15.3 Å². The third-order valence-corrected chi connectivity index (χ3v) is 2.13. The number of hydrogen-bond acceptors (Lipinski definition) is 8. The summed E-state index contributed by atoms with van der Waals surface area (Å²) >= 11 is 0. The molecule has 0 fully saturated rings. The second-order valence-corrected chi connectivity index (χ2v) is 3.02. The molecule has 0 aliphatic carbocycles. The van der Waals surface area contributed by atoms with Crippen LogP contribution in [0.2, 0.25) is 0 Å². The molecule has 0 saturated heterocycles. The van der Waals surface area contributed by atoms with Crippen LogP contribution in [-0.4, -0.2) is 44.9 Å². The van der Waals surface area contributed by atoms with Crippen molar-refractivity contribution in [2.24, 2.45) is 0 Å². The molecule has 0 aromatic heterocycles. The highest BCUT2D eigenvalue weighted by Gasteiger charge is 2.50. The first-order chi connectivity index (χ1) is 6.96. The Morgan fingerprint density at radius 3 is 2.47 bits per heavy atom. The largest absolute Gasteiger partial charge is 0.505 e. The van der Waals surface area contributed by atoms with E-state index in [1.165, 1.54) is 0 Å². The van der Waals surface area contributed by atoms with Crippen LogP contribution in [0, 0.1) is 0 Å². The van der Waals surface area contributed by atoms with E-state index in [1.54, 1.807) is 0 Å². The Morgan fingerprint density at radius 1 is 1.53 bits per heavy atom. The van der Waals surface area contributed by atoms with Crippen LogP contribution in [-0.2, 0) is 18.6 Å². The van der Waals surface area contributed by atoms with E-state index in [-0.39, 0.29) is 0 Å². The lowest BCUT2D eigenvalue weighted by Crippen LogP contribution is -2.47. The summed E-state index contributed by atoms with van der Waals surface area (Å²) in [6.07, 6.45) is -1.82. The molecule has 84 valence electrons. The molecule has 1 aliphatic rings. The molecule has 9 heteroatoms. The van der Waals surface area contributed by atoms with Gasteiger partial charge in [0.15, 0.2) is 5.76 Å². The van der Waals surface area contributed by atoms with Gasteiger partial charge in [-0.1, -0.05) is 0 Å². The molecule has 0 aromatic carbocycles. The molecule has 0 bridgehead atoms. The van der Waals surface area contributed by atoms with Crippen LogP contribution < -0.4 is 0 Å². The summed E-state index contributed by atoms with van der Waals surface area (Å²) in [4.78, 5) is 10.7. The summed E-state index contributed by atoms with van der Waals surface area (Å²) in [5.74, 6) is -5.96. The van der Waals surface area contributed by atoms with E-state index in [0.29, 0.717) is 0 Å². The number of carbonyl (C=O) groups excluding carboxylic acids is 1. The molecule has 0 radical (unpaired) electrons. The maximum absolute atomic E-state index is 10.7. The Balaban J connectivity index is 2.98. The Hall–Kier alpha value is -1.21. The standard InChI is InChI=1S/C6H7O8P/c7-1-6(11,14-15-12)4-2(8)3(9)5(10)13-4/h4,7-9,11H,1H2/t4-,6+/m0/s1. The summed E-state index contributed by atoms with van der Waals surface area (Å²) in [6, 6.07) is 0. The first-order valence-electron chi connectivity index (χ1n) is 3.63. The van der Waals surface area contributed by atoms with Crippen LogP contribution in [0.3, 0.4) is 0 Å². The first-order valence-corrected chi connectivity index (χ1v) is 4.36. The quantitative estimate of drug-likeness (QED) is 0.282. The van der Waals surface area contributed by atoms with E-state index in [9.17, 15) is 14.5 Å². The van der Waals surface area contributed by atoms with Crippen molar-refractivity contribution in [3.8, 4) is 0 Å². The van der Waals surface area contributed by atoms with E-state index in [1.807, 2.05) is 0 Å². The molecule has 0 saturated carbocycles. The van der Waals surface area contributed by atoms with Gasteiger partial charge in [-0.05, 0) is 0 Å². The van der Waals surface area contributed by atoms with Crippen molar-refractivity contribution >= 4 is 14.7 Å². The number of carbonyl (C=O) groups is 1. The molecule has 4 N–H and O–H groups in total. The van der Waals surface area contributed by atoms with Crippen molar-refractivity contribution in [2.75, 3.05) is 6.61 Å². The van der Waals surface area contributed by atoms with Gasteiger partial charge in [-0.25, -0.2) is 9.36 Å².